The molecule has 3 nitrogen and oxygen atoms in total. The van der Waals surface area contributed by atoms with E-state index < -0.39 is 5.82 Å². The molecule has 5 heteroatoms. The van der Waals surface area contributed by atoms with Crippen LogP contribution in [0.25, 0.3) is 0 Å². The number of carbonyl (C=O) groups is 1. The van der Waals surface area contributed by atoms with E-state index in [0.29, 0.717) is 29.4 Å². The summed E-state index contributed by atoms with van der Waals surface area (Å²) >= 11 is 0.889. The van der Waals surface area contributed by atoms with Crippen molar-refractivity contribution in [3.8, 4) is 11.5 Å². The van der Waals surface area contributed by atoms with E-state index in [1.165, 1.54) is 31.7 Å². The second kappa shape index (κ2) is 14.1. The molecule has 0 amide bonds. The van der Waals surface area contributed by atoms with Crippen molar-refractivity contribution in [1.82, 2.24) is 0 Å². The molecule has 0 bridgehead atoms. The molecule has 0 aliphatic heterocycles. The topological polar surface area (TPSA) is 35.5 Å². The van der Waals surface area contributed by atoms with E-state index in [1.54, 1.807) is 36.4 Å². The highest BCUT2D eigenvalue weighted by molar-refractivity contribution is 8.14. The van der Waals surface area contributed by atoms with E-state index in [-0.39, 0.29) is 5.12 Å². The summed E-state index contributed by atoms with van der Waals surface area (Å²) in [6.07, 6.45) is 9.17. The van der Waals surface area contributed by atoms with Gasteiger partial charge in [0.25, 0.3) is 0 Å². The zero-order valence-corrected chi connectivity index (χ0v) is 18.9. The number of halogens is 1. The fourth-order valence-corrected chi connectivity index (χ4v) is 3.65. The smallest absolute Gasteiger partial charge is 0.224 e. The summed E-state index contributed by atoms with van der Waals surface area (Å²) in [6.45, 7) is 5.56. The summed E-state index contributed by atoms with van der Waals surface area (Å²) in [6, 6.07) is 11.7. The third kappa shape index (κ3) is 8.78. The number of hydrogen-bond donors (Lipinski definition) is 0. The first-order chi connectivity index (χ1) is 14.6. The highest BCUT2D eigenvalue weighted by Crippen LogP contribution is 2.29. The first-order valence-corrected chi connectivity index (χ1v) is 11.8. The number of thioether (sulfide) groups is 1. The number of rotatable bonds is 14. The van der Waals surface area contributed by atoms with Crippen LogP contribution in [0.4, 0.5) is 4.39 Å². The first kappa shape index (κ1) is 24.3. The Labute approximate surface area is 184 Å². The Morgan fingerprint density at radius 2 is 1.40 bits per heavy atom. The molecule has 0 saturated heterocycles. The van der Waals surface area contributed by atoms with Gasteiger partial charge >= 0.3 is 0 Å². The third-order valence-electron chi connectivity index (χ3n) is 4.73. The molecular formula is C25H33FO3S. The minimum absolute atomic E-state index is 0.199. The molecule has 164 valence electrons. The summed E-state index contributed by atoms with van der Waals surface area (Å²) in [5.41, 5.74) is 0.519. The average Bonchev–Trinajstić information content (AvgIpc) is 2.75. The van der Waals surface area contributed by atoms with Crippen molar-refractivity contribution in [3.05, 3.63) is 53.8 Å². The molecule has 0 aliphatic carbocycles. The molecule has 30 heavy (non-hydrogen) atoms. The summed E-state index contributed by atoms with van der Waals surface area (Å²) in [5, 5.41) is -0.199. The molecule has 0 unspecified atom stereocenters. The van der Waals surface area contributed by atoms with E-state index in [4.69, 9.17) is 9.47 Å². The molecule has 0 aromatic heterocycles. The molecule has 2 rings (SSSR count). The Bertz CT molecular complexity index is 761. The van der Waals surface area contributed by atoms with E-state index in [2.05, 4.69) is 13.8 Å². The average molecular weight is 433 g/mol. The van der Waals surface area contributed by atoms with Crippen LogP contribution in [0, 0.1) is 5.82 Å². The Morgan fingerprint density at radius 1 is 0.800 bits per heavy atom. The second-order valence-electron chi connectivity index (χ2n) is 7.32. The van der Waals surface area contributed by atoms with Gasteiger partial charge in [-0.05, 0) is 61.0 Å². The van der Waals surface area contributed by atoms with E-state index >= 15 is 0 Å². The molecule has 0 saturated carbocycles. The Hall–Kier alpha value is -2.01. The number of benzene rings is 2. The fraction of sp³-hybridized carbons (Fsp3) is 0.480. The minimum Gasteiger partial charge on any atom is -0.494 e. The zero-order chi connectivity index (χ0) is 21.6. The zero-order valence-electron chi connectivity index (χ0n) is 18.1. The van der Waals surface area contributed by atoms with Gasteiger partial charge in [0.15, 0.2) is 0 Å². The lowest BCUT2D eigenvalue weighted by molar-refractivity contribution is 0.108. The molecule has 2 aromatic carbocycles. The molecule has 0 radical (unpaired) electrons. The van der Waals surface area contributed by atoms with Gasteiger partial charge in [-0.1, -0.05) is 52.4 Å². The molecule has 0 fully saturated rings. The van der Waals surface area contributed by atoms with Crippen LogP contribution in [0.3, 0.4) is 0 Å². The number of ether oxygens (including phenoxy) is 2. The number of carbonyl (C=O) groups excluding carboxylic acids is 1. The SMILES string of the molecule is CCCCCCCCOc1ccc(SC(=O)c2ccc(OCCCC)cc2)c(F)c1. The van der Waals surface area contributed by atoms with Gasteiger partial charge in [-0.2, -0.15) is 0 Å². The quantitative estimate of drug-likeness (QED) is 0.226. The van der Waals surface area contributed by atoms with E-state index in [0.717, 1.165) is 43.2 Å². The third-order valence-corrected chi connectivity index (χ3v) is 5.70. The lowest BCUT2D eigenvalue weighted by atomic mass is 10.1. The van der Waals surface area contributed by atoms with Crippen LogP contribution in [0.15, 0.2) is 47.4 Å². The number of unbranched alkanes of at least 4 members (excludes halogenated alkanes) is 6. The predicted molar refractivity (Wildman–Crippen MR) is 122 cm³/mol. The van der Waals surface area contributed by atoms with Gasteiger partial charge in [0.2, 0.25) is 5.12 Å². The van der Waals surface area contributed by atoms with Crippen LogP contribution in [0.5, 0.6) is 11.5 Å². The Balaban J connectivity index is 1.80. The monoisotopic (exact) mass is 432 g/mol. The van der Waals surface area contributed by atoms with Crippen molar-refractivity contribution >= 4 is 16.9 Å². The fourth-order valence-electron chi connectivity index (χ4n) is 2.91. The summed E-state index contributed by atoms with van der Waals surface area (Å²) in [7, 11) is 0. The van der Waals surface area contributed by atoms with Crippen LogP contribution < -0.4 is 9.47 Å². The van der Waals surface area contributed by atoms with Gasteiger partial charge in [0, 0.05) is 11.6 Å². The van der Waals surface area contributed by atoms with Crippen molar-refractivity contribution in [1.29, 1.82) is 0 Å². The van der Waals surface area contributed by atoms with Crippen molar-refractivity contribution in [3.63, 3.8) is 0 Å². The lowest BCUT2D eigenvalue weighted by Gasteiger charge is -2.09. The maximum absolute atomic E-state index is 14.4. The number of hydrogen-bond acceptors (Lipinski definition) is 4. The summed E-state index contributed by atoms with van der Waals surface area (Å²) < 4.78 is 25.7. The predicted octanol–water partition coefficient (Wildman–Crippen LogP) is 7.68. The molecular weight excluding hydrogens is 399 g/mol. The van der Waals surface area contributed by atoms with Gasteiger partial charge in [-0.15, -0.1) is 0 Å². The maximum Gasteiger partial charge on any atom is 0.224 e. The highest BCUT2D eigenvalue weighted by atomic mass is 32.2. The Morgan fingerprint density at radius 3 is 2.10 bits per heavy atom. The van der Waals surface area contributed by atoms with Gasteiger partial charge in [-0.3, -0.25) is 4.79 Å². The Kier molecular flexibility index (Phi) is 11.4. The molecule has 0 heterocycles. The summed E-state index contributed by atoms with van der Waals surface area (Å²) in [4.78, 5) is 12.8. The van der Waals surface area contributed by atoms with Gasteiger partial charge in [0.05, 0.1) is 18.1 Å². The first-order valence-electron chi connectivity index (χ1n) is 11.0. The normalized spacial score (nSPS) is 10.8. The largest absolute Gasteiger partial charge is 0.494 e. The highest BCUT2D eigenvalue weighted by Gasteiger charge is 2.13. The van der Waals surface area contributed by atoms with Crippen molar-refractivity contribution in [2.45, 2.75) is 70.1 Å². The van der Waals surface area contributed by atoms with Crippen LogP contribution in [-0.4, -0.2) is 18.3 Å². The molecule has 2 aromatic rings. The van der Waals surface area contributed by atoms with Gasteiger partial charge in [0.1, 0.15) is 17.3 Å². The van der Waals surface area contributed by atoms with Crippen LogP contribution in [0.2, 0.25) is 0 Å². The molecule has 0 aliphatic rings. The lowest BCUT2D eigenvalue weighted by Crippen LogP contribution is -1.99. The van der Waals surface area contributed by atoms with Crippen LogP contribution >= 0.6 is 11.8 Å². The van der Waals surface area contributed by atoms with Gasteiger partial charge in [-0.25, -0.2) is 4.39 Å². The summed E-state index contributed by atoms with van der Waals surface area (Å²) in [5.74, 6) is 0.808. The van der Waals surface area contributed by atoms with E-state index in [1.807, 2.05) is 0 Å². The molecule has 0 N–H and O–H groups in total. The van der Waals surface area contributed by atoms with Crippen LogP contribution in [0.1, 0.15) is 75.6 Å². The molecule has 0 spiro atoms. The minimum atomic E-state index is -0.437. The van der Waals surface area contributed by atoms with Crippen molar-refractivity contribution < 1.29 is 18.7 Å². The van der Waals surface area contributed by atoms with E-state index in [9.17, 15) is 9.18 Å². The maximum atomic E-state index is 14.4. The van der Waals surface area contributed by atoms with Crippen molar-refractivity contribution in [2.75, 3.05) is 13.2 Å². The van der Waals surface area contributed by atoms with Crippen molar-refractivity contribution in [2.24, 2.45) is 0 Å². The second-order valence-corrected chi connectivity index (χ2v) is 8.34. The molecule has 0 atom stereocenters. The van der Waals surface area contributed by atoms with Gasteiger partial charge < -0.3 is 9.47 Å². The van der Waals surface area contributed by atoms with Crippen LogP contribution in [-0.2, 0) is 0 Å². The standard InChI is InChI=1S/C25H33FO3S/c1-3-5-7-8-9-10-18-29-22-15-16-24(23(26)19-22)30-25(27)20-11-13-21(14-12-20)28-17-6-4-2/h11-16,19H,3-10,17-18H2,1-2H3.